The van der Waals surface area contributed by atoms with Gasteiger partial charge in [0.25, 0.3) is 0 Å². The molecule has 4 heteroatoms. The molecule has 34 heavy (non-hydrogen) atoms. The Morgan fingerprint density at radius 2 is 0.647 bits per heavy atom. The van der Waals surface area contributed by atoms with E-state index in [1.54, 1.807) is 0 Å². The molecule has 198 valence electrons. The van der Waals surface area contributed by atoms with Gasteiger partial charge in [0.05, 0.1) is 0 Å². The van der Waals surface area contributed by atoms with Gasteiger partial charge in [-0.3, -0.25) is 0 Å². The molecule has 3 nitrogen and oxygen atoms in total. The van der Waals surface area contributed by atoms with Crippen LogP contribution < -0.4 is 0 Å². The second-order valence-corrected chi connectivity index (χ2v) is 12.4. The summed E-state index contributed by atoms with van der Waals surface area (Å²) in [4.78, 5) is 0. The van der Waals surface area contributed by atoms with E-state index in [1.807, 2.05) is 0 Å². The van der Waals surface area contributed by atoms with Gasteiger partial charge in [0, 0.05) is 18.3 Å². The van der Waals surface area contributed by atoms with Crippen LogP contribution in [0.15, 0.2) is 0 Å². The van der Waals surface area contributed by atoms with Crippen LogP contribution in [0.3, 0.4) is 0 Å². The van der Waals surface area contributed by atoms with Crippen molar-refractivity contribution in [1.29, 1.82) is 0 Å². The van der Waals surface area contributed by atoms with Crippen molar-refractivity contribution in [3.63, 3.8) is 0 Å². The summed E-state index contributed by atoms with van der Waals surface area (Å²) in [5, 5.41) is 0. The minimum absolute atomic E-state index is 0.291. The molecular weight excluding hydrogens is 419 g/mol. The first-order chi connectivity index (χ1) is 16.4. The van der Waals surface area contributed by atoms with Gasteiger partial charge in [-0.1, -0.05) is 80.1 Å². The van der Waals surface area contributed by atoms with Crippen molar-refractivity contribution in [2.45, 2.75) is 175 Å². The molecule has 3 aliphatic rings. The Morgan fingerprint density at radius 3 is 0.824 bits per heavy atom. The maximum absolute atomic E-state index is 6.64. The molecule has 0 saturated heterocycles. The zero-order valence-electron chi connectivity index (χ0n) is 23.8. The zero-order valence-corrected chi connectivity index (χ0v) is 23.8. The second kappa shape index (κ2) is 13.0. The standard InChI is InChI=1S/C30H57BO3/c1-7-28(8-2)19-13-25(14-20-28)32-31(33-26-15-21-29(9-3,10-4)22-16-26)34-27-17-23-30(11-5,12-6)24-18-27/h25-27H,7-24H2,1-6H3. The summed E-state index contributed by atoms with van der Waals surface area (Å²) in [5.74, 6) is 0. The lowest BCUT2D eigenvalue weighted by Crippen LogP contribution is -2.43. The quantitative estimate of drug-likeness (QED) is 0.263. The Bertz CT molecular complexity index is 471. The van der Waals surface area contributed by atoms with Gasteiger partial charge in [0.1, 0.15) is 0 Å². The maximum Gasteiger partial charge on any atom is 0.640 e. The fraction of sp³-hybridized carbons (Fsp3) is 1.00. The van der Waals surface area contributed by atoms with Gasteiger partial charge in [-0.15, -0.1) is 0 Å². The molecule has 3 rings (SSSR count). The van der Waals surface area contributed by atoms with Crippen LogP contribution in [0, 0.1) is 16.2 Å². The summed E-state index contributed by atoms with van der Waals surface area (Å²) >= 11 is 0. The zero-order chi connectivity index (χ0) is 24.7. The van der Waals surface area contributed by atoms with Gasteiger partial charge in [-0.2, -0.15) is 0 Å². The molecule has 3 saturated carbocycles. The van der Waals surface area contributed by atoms with Crippen molar-refractivity contribution in [2.24, 2.45) is 16.2 Å². The monoisotopic (exact) mass is 476 g/mol. The SMILES string of the molecule is CCC1(CC)CCC(OB(OC2CCC(CC)(CC)CC2)OC2CCC(CC)(CC)CC2)CC1. The van der Waals surface area contributed by atoms with Crippen molar-refractivity contribution < 1.29 is 14.0 Å². The van der Waals surface area contributed by atoms with E-state index in [4.69, 9.17) is 14.0 Å². The third kappa shape index (κ3) is 7.03. The molecule has 0 radical (unpaired) electrons. The van der Waals surface area contributed by atoms with E-state index >= 15 is 0 Å². The van der Waals surface area contributed by atoms with Gasteiger partial charge >= 0.3 is 7.32 Å². The molecule has 0 spiro atoms. The molecule has 0 aliphatic heterocycles. The summed E-state index contributed by atoms with van der Waals surface area (Å²) in [5.41, 5.74) is 1.62. The largest absolute Gasteiger partial charge is 0.640 e. The second-order valence-electron chi connectivity index (χ2n) is 12.4. The first-order valence-electron chi connectivity index (χ1n) is 15.3. The van der Waals surface area contributed by atoms with Crippen LogP contribution in [0.5, 0.6) is 0 Å². The van der Waals surface area contributed by atoms with Gasteiger partial charge < -0.3 is 14.0 Å². The number of hydrogen-bond donors (Lipinski definition) is 0. The molecule has 0 bridgehead atoms. The van der Waals surface area contributed by atoms with Gasteiger partial charge in [0.2, 0.25) is 0 Å². The lowest BCUT2D eigenvalue weighted by molar-refractivity contribution is -0.0431. The smallest absolute Gasteiger partial charge is 0.383 e. The number of hydrogen-bond acceptors (Lipinski definition) is 3. The van der Waals surface area contributed by atoms with E-state index in [2.05, 4.69) is 41.5 Å². The van der Waals surface area contributed by atoms with Crippen molar-refractivity contribution in [1.82, 2.24) is 0 Å². The van der Waals surface area contributed by atoms with Crippen LogP contribution in [0.2, 0.25) is 0 Å². The third-order valence-corrected chi connectivity index (χ3v) is 11.4. The predicted molar refractivity (Wildman–Crippen MR) is 145 cm³/mol. The van der Waals surface area contributed by atoms with Crippen molar-refractivity contribution in [3.05, 3.63) is 0 Å². The summed E-state index contributed by atoms with van der Waals surface area (Å²) in [7, 11) is -0.470. The van der Waals surface area contributed by atoms with E-state index in [0.29, 0.717) is 34.6 Å². The molecule has 0 N–H and O–H groups in total. The molecule has 0 atom stereocenters. The lowest BCUT2D eigenvalue weighted by Gasteiger charge is -2.42. The van der Waals surface area contributed by atoms with Crippen LogP contribution in [-0.4, -0.2) is 25.6 Å². The normalized spacial score (nSPS) is 25.9. The Hall–Kier alpha value is -0.0551. The molecule has 0 heterocycles. The topological polar surface area (TPSA) is 27.7 Å². The highest BCUT2D eigenvalue weighted by atomic mass is 16.7. The Morgan fingerprint density at radius 1 is 0.441 bits per heavy atom. The summed E-state index contributed by atoms with van der Waals surface area (Å²) in [6.07, 6.45) is 23.3. The highest BCUT2D eigenvalue weighted by Crippen LogP contribution is 2.46. The molecule has 0 aromatic heterocycles. The van der Waals surface area contributed by atoms with E-state index in [1.165, 1.54) is 77.0 Å². The minimum atomic E-state index is -0.470. The third-order valence-electron chi connectivity index (χ3n) is 11.4. The molecule has 0 aromatic carbocycles. The average molecular weight is 477 g/mol. The first-order valence-corrected chi connectivity index (χ1v) is 15.3. The lowest BCUT2D eigenvalue weighted by atomic mass is 9.69. The number of rotatable bonds is 12. The predicted octanol–water partition coefficient (Wildman–Crippen LogP) is 9.27. The Labute approximate surface area is 213 Å². The van der Waals surface area contributed by atoms with Crippen molar-refractivity contribution in [2.75, 3.05) is 0 Å². The highest BCUT2D eigenvalue weighted by molar-refractivity contribution is 6.36. The van der Waals surface area contributed by atoms with Gasteiger partial charge in [-0.05, 0) is 93.3 Å². The van der Waals surface area contributed by atoms with Crippen LogP contribution in [-0.2, 0) is 14.0 Å². The van der Waals surface area contributed by atoms with E-state index in [-0.39, 0.29) is 0 Å². The average Bonchev–Trinajstić information content (AvgIpc) is 2.90. The van der Waals surface area contributed by atoms with Crippen LogP contribution >= 0.6 is 0 Å². The van der Waals surface area contributed by atoms with E-state index < -0.39 is 7.32 Å². The molecule has 0 amide bonds. The Kier molecular flexibility index (Phi) is 10.9. The van der Waals surface area contributed by atoms with Crippen molar-refractivity contribution in [3.8, 4) is 0 Å². The highest BCUT2D eigenvalue weighted by Gasteiger charge is 2.41. The van der Waals surface area contributed by atoms with Crippen molar-refractivity contribution >= 4 is 7.32 Å². The summed E-state index contributed by atoms with van der Waals surface area (Å²) in [6, 6.07) is 0. The first kappa shape index (κ1) is 28.5. The van der Waals surface area contributed by atoms with E-state index in [0.717, 1.165) is 38.5 Å². The molecule has 0 aromatic rings. The van der Waals surface area contributed by atoms with E-state index in [9.17, 15) is 0 Å². The molecule has 0 unspecified atom stereocenters. The molecule has 3 fully saturated rings. The maximum atomic E-state index is 6.64. The van der Waals surface area contributed by atoms with Gasteiger partial charge in [-0.25, -0.2) is 0 Å². The molecular formula is C30H57BO3. The van der Waals surface area contributed by atoms with Crippen LogP contribution in [0.25, 0.3) is 0 Å². The minimum Gasteiger partial charge on any atom is -0.383 e. The van der Waals surface area contributed by atoms with Gasteiger partial charge in [0.15, 0.2) is 0 Å². The summed E-state index contributed by atoms with van der Waals surface area (Å²) < 4.78 is 19.9. The van der Waals surface area contributed by atoms with Crippen LogP contribution in [0.1, 0.15) is 157 Å². The fourth-order valence-corrected chi connectivity index (χ4v) is 7.46. The Balaban J connectivity index is 1.58. The molecule has 3 aliphatic carbocycles. The van der Waals surface area contributed by atoms with Crippen LogP contribution in [0.4, 0.5) is 0 Å². The fourth-order valence-electron chi connectivity index (χ4n) is 7.46. The summed E-state index contributed by atoms with van der Waals surface area (Å²) in [6.45, 7) is 14.2.